The molecule has 3 atom stereocenters. The molecular weight excluding hydrogens is 407 g/mol. The standard InChI is InChI=1S/C26H27FN2O3/c1-26(32)15-16-29(17-20-9-5-6-10-22(20)30)23(18-7-3-2-4-8-18)24(26)28-25(31)19-11-13-21(27)14-12-19/h2-14,23-24,30,32H,15-17H2,1H3,(H,28,31). The summed E-state index contributed by atoms with van der Waals surface area (Å²) < 4.78 is 13.3. The van der Waals surface area contributed by atoms with E-state index < -0.39 is 17.5 Å². The van der Waals surface area contributed by atoms with Gasteiger partial charge in [0.15, 0.2) is 0 Å². The molecule has 1 aliphatic rings. The van der Waals surface area contributed by atoms with Crippen molar-refractivity contribution in [3.63, 3.8) is 0 Å². The maximum absolute atomic E-state index is 13.3. The molecule has 1 amide bonds. The van der Waals surface area contributed by atoms with E-state index in [2.05, 4.69) is 10.2 Å². The van der Waals surface area contributed by atoms with Crippen molar-refractivity contribution in [2.45, 2.75) is 37.6 Å². The number of carbonyl (C=O) groups is 1. The fourth-order valence-corrected chi connectivity index (χ4v) is 4.37. The molecule has 6 heteroatoms. The molecule has 1 fully saturated rings. The Balaban J connectivity index is 1.69. The molecule has 1 aliphatic heterocycles. The van der Waals surface area contributed by atoms with Crippen LogP contribution in [0.3, 0.4) is 0 Å². The molecule has 0 radical (unpaired) electrons. The van der Waals surface area contributed by atoms with E-state index in [4.69, 9.17) is 0 Å². The van der Waals surface area contributed by atoms with Gasteiger partial charge in [-0.1, -0.05) is 48.5 Å². The van der Waals surface area contributed by atoms with E-state index in [1.54, 1.807) is 19.1 Å². The van der Waals surface area contributed by atoms with Gasteiger partial charge in [-0.2, -0.15) is 0 Å². The summed E-state index contributed by atoms with van der Waals surface area (Å²) in [7, 11) is 0. The number of para-hydroxylation sites is 1. The average molecular weight is 435 g/mol. The van der Waals surface area contributed by atoms with Gasteiger partial charge in [-0.25, -0.2) is 4.39 Å². The van der Waals surface area contributed by atoms with E-state index in [0.717, 1.165) is 11.1 Å². The van der Waals surface area contributed by atoms with Crippen LogP contribution in [0.2, 0.25) is 0 Å². The average Bonchev–Trinajstić information content (AvgIpc) is 2.78. The van der Waals surface area contributed by atoms with E-state index in [1.165, 1.54) is 24.3 Å². The number of amides is 1. The lowest BCUT2D eigenvalue weighted by atomic mass is 9.79. The number of hydrogen-bond acceptors (Lipinski definition) is 4. The zero-order chi connectivity index (χ0) is 22.7. The molecular formula is C26H27FN2O3. The third-order valence-electron chi connectivity index (χ3n) is 6.18. The van der Waals surface area contributed by atoms with Crippen LogP contribution in [-0.4, -0.2) is 39.2 Å². The van der Waals surface area contributed by atoms with E-state index in [9.17, 15) is 19.4 Å². The molecule has 5 nitrogen and oxygen atoms in total. The molecule has 0 aromatic heterocycles. The van der Waals surface area contributed by atoms with E-state index >= 15 is 0 Å². The Bertz CT molecular complexity index is 1070. The molecule has 4 rings (SSSR count). The largest absolute Gasteiger partial charge is 0.508 e. The van der Waals surface area contributed by atoms with Gasteiger partial charge in [0.25, 0.3) is 5.91 Å². The highest BCUT2D eigenvalue weighted by Crippen LogP contribution is 2.38. The lowest BCUT2D eigenvalue weighted by molar-refractivity contribution is -0.0666. The summed E-state index contributed by atoms with van der Waals surface area (Å²) in [5.41, 5.74) is 0.892. The summed E-state index contributed by atoms with van der Waals surface area (Å²) in [4.78, 5) is 15.2. The second-order valence-corrected chi connectivity index (χ2v) is 8.52. The molecule has 166 valence electrons. The number of halogens is 1. The van der Waals surface area contributed by atoms with Crippen LogP contribution in [0.25, 0.3) is 0 Å². The number of aliphatic hydroxyl groups is 1. The summed E-state index contributed by atoms with van der Waals surface area (Å²) in [5, 5.41) is 24.6. The summed E-state index contributed by atoms with van der Waals surface area (Å²) in [5.74, 6) is -0.577. The van der Waals surface area contributed by atoms with Crippen molar-refractivity contribution in [3.05, 3.63) is 101 Å². The van der Waals surface area contributed by atoms with Gasteiger partial charge in [-0.15, -0.1) is 0 Å². The smallest absolute Gasteiger partial charge is 0.251 e. The van der Waals surface area contributed by atoms with Crippen LogP contribution in [0.15, 0.2) is 78.9 Å². The van der Waals surface area contributed by atoms with Crippen LogP contribution in [-0.2, 0) is 6.54 Å². The Morgan fingerprint density at radius 3 is 2.41 bits per heavy atom. The van der Waals surface area contributed by atoms with Gasteiger partial charge in [0, 0.05) is 24.2 Å². The Morgan fingerprint density at radius 2 is 1.72 bits per heavy atom. The molecule has 3 unspecified atom stereocenters. The van der Waals surface area contributed by atoms with Gasteiger partial charge < -0.3 is 15.5 Å². The Kier molecular flexibility index (Phi) is 6.26. The first-order valence-corrected chi connectivity index (χ1v) is 10.7. The van der Waals surface area contributed by atoms with Crippen molar-refractivity contribution >= 4 is 5.91 Å². The van der Waals surface area contributed by atoms with Gasteiger partial charge in [0.1, 0.15) is 11.6 Å². The van der Waals surface area contributed by atoms with Gasteiger partial charge in [0.2, 0.25) is 0 Å². The SMILES string of the molecule is CC1(O)CCN(Cc2ccccc2O)C(c2ccccc2)C1NC(=O)c1ccc(F)cc1. The van der Waals surface area contributed by atoms with Crippen LogP contribution in [0, 0.1) is 5.82 Å². The quantitative estimate of drug-likeness (QED) is 0.567. The topological polar surface area (TPSA) is 72.8 Å². The fraction of sp³-hybridized carbons (Fsp3) is 0.269. The first kappa shape index (κ1) is 22.0. The summed E-state index contributed by atoms with van der Waals surface area (Å²) in [6.45, 7) is 2.78. The van der Waals surface area contributed by atoms with Crippen molar-refractivity contribution in [1.82, 2.24) is 10.2 Å². The van der Waals surface area contributed by atoms with Crippen molar-refractivity contribution < 1.29 is 19.4 Å². The fourth-order valence-electron chi connectivity index (χ4n) is 4.37. The van der Waals surface area contributed by atoms with Crippen LogP contribution < -0.4 is 5.32 Å². The van der Waals surface area contributed by atoms with Gasteiger partial charge in [-0.05, 0) is 49.2 Å². The number of nitrogens with one attached hydrogen (secondary N) is 1. The number of likely N-dealkylation sites (tertiary alicyclic amines) is 1. The van der Waals surface area contributed by atoms with Crippen LogP contribution in [0.1, 0.15) is 40.9 Å². The number of aromatic hydroxyl groups is 1. The molecule has 1 heterocycles. The van der Waals surface area contributed by atoms with Gasteiger partial charge in [0.05, 0.1) is 17.7 Å². The lowest BCUT2D eigenvalue weighted by Crippen LogP contribution is -2.62. The number of carbonyl (C=O) groups excluding carboxylic acids is 1. The first-order valence-electron chi connectivity index (χ1n) is 10.7. The normalized spacial score (nSPS) is 23.6. The third-order valence-corrected chi connectivity index (χ3v) is 6.18. The number of hydrogen-bond donors (Lipinski definition) is 3. The highest BCUT2D eigenvalue weighted by molar-refractivity contribution is 5.94. The number of rotatable bonds is 5. The summed E-state index contributed by atoms with van der Waals surface area (Å²) in [6.07, 6.45) is 0.443. The minimum absolute atomic E-state index is 0.212. The Morgan fingerprint density at radius 1 is 1.06 bits per heavy atom. The van der Waals surface area contributed by atoms with Crippen LogP contribution in [0.4, 0.5) is 4.39 Å². The molecule has 3 aromatic carbocycles. The second kappa shape index (κ2) is 9.10. The molecule has 3 aromatic rings. The third kappa shape index (κ3) is 4.66. The summed E-state index contributed by atoms with van der Waals surface area (Å²) in [6, 6.07) is 21.3. The van der Waals surface area contributed by atoms with E-state index in [1.807, 2.05) is 42.5 Å². The van der Waals surface area contributed by atoms with Crippen molar-refractivity contribution in [2.75, 3.05) is 6.54 Å². The molecule has 0 spiro atoms. The van der Waals surface area contributed by atoms with Crippen LogP contribution in [0.5, 0.6) is 5.75 Å². The van der Waals surface area contributed by atoms with E-state index in [0.29, 0.717) is 25.1 Å². The lowest BCUT2D eigenvalue weighted by Gasteiger charge is -2.49. The number of piperidine rings is 1. The molecule has 32 heavy (non-hydrogen) atoms. The predicted molar refractivity (Wildman–Crippen MR) is 121 cm³/mol. The molecule has 0 bridgehead atoms. The van der Waals surface area contributed by atoms with Gasteiger partial charge >= 0.3 is 0 Å². The Labute approximate surface area is 187 Å². The van der Waals surface area contributed by atoms with Crippen molar-refractivity contribution in [3.8, 4) is 5.75 Å². The molecule has 0 saturated carbocycles. The second-order valence-electron chi connectivity index (χ2n) is 8.52. The zero-order valence-corrected chi connectivity index (χ0v) is 17.9. The number of nitrogens with zero attached hydrogens (tertiary/aromatic N) is 1. The van der Waals surface area contributed by atoms with Crippen LogP contribution >= 0.6 is 0 Å². The zero-order valence-electron chi connectivity index (χ0n) is 17.9. The summed E-state index contributed by atoms with van der Waals surface area (Å²) >= 11 is 0. The number of phenolic OH excluding ortho intramolecular Hbond substituents is 1. The minimum atomic E-state index is -1.16. The molecule has 1 saturated heterocycles. The first-order chi connectivity index (χ1) is 15.3. The predicted octanol–water partition coefficient (Wildman–Crippen LogP) is 4.03. The maximum atomic E-state index is 13.3. The minimum Gasteiger partial charge on any atom is -0.508 e. The maximum Gasteiger partial charge on any atom is 0.251 e. The van der Waals surface area contributed by atoms with E-state index in [-0.39, 0.29) is 17.7 Å². The molecule has 3 N–H and O–H groups in total. The molecule has 0 aliphatic carbocycles. The highest BCUT2D eigenvalue weighted by atomic mass is 19.1. The number of phenols is 1. The monoisotopic (exact) mass is 434 g/mol. The van der Waals surface area contributed by atoms with Crippen molar-refractivity contribution in [2.24, 2.45) is 0 Å². The number of benzene rings is 3. The van der Waals surface area contributed by atoms with Crippen molar-refractivity contribution in [1.29, 1.82) is 0 Å². The Hall–Kier alpha value is -3.22. The highest BCUT2D eigenvalue weighted by Gasteiger charge is 2.46. The van der Waals surface area contributed by atoms with Gasteiger partial charge in [-0.3, -0.25) is 9.69 Å².